The molecular weight excluding hydrogens is 533 g/mol. The number of carbonyl (C=O) groups is 2. The summed E-state index contributed by atoms with van der Waals surface area (Å²) in [6.45, 7) is 8.40. The average Bonchev–Trinajstić information content (AvgIpc) is 3.29. The molecule has 1 unspecified atom stereocenters. The van der Waals surface area contributed by atoms with E-state index in [1.54, 1.807) is 35.2 Å². The monoisotopic (exact) mass is 571 g/mol. The van der Waals surface area contributed by atoms with Crippen molar-refractivity contribution in [3.63, 3.8) is 0 Å². The fraction of sp³-hybridized carbons (Fsp3) is 0.517. The fourth-order valence-electron chi connectivity index (χ4n) is 6.16. The lowest BCUT2D eigenvalue weighted by Crippen LogP contribution is -2.49. The van der Waals surface area contributed by atoms with Gasteiger partial charge in [-0.1, -0.05) is 12.1 Å². The van der Waals surface area contributed by atoms with Crippen molar-refractivity contribution in [2.24, 2.45) is 5.92 Å². The maximum atomic E-state index is 14.1. The number of hydrogen-bond acceptors (Lipinski definition) is 6. The number of piperazine rings is 1. The van der Waals surface area contributed by atoms with Crippen LogP contribution in [-0.2, 0) is 26.0 Å². The Morgan fingerprint density at radius 3 is 2.35 bits per heavy atom. The summed E-state index contributed by atoms with van der Waals surface area (Å²) < 4.78 is 42.2. The van der Waals surface area contributed by atoms with Crippen LogP contribution >= 0.6 is 0 Å². The van der Waals surface area contributed by atoms with Crippen molar-refractivity contribution in [3.05, 3.63) is 53.8 Å². The Hall–Kier alpha value is -3.02. The van der Waals surface area contributed by atoms with Crippen LogP contribution in [-0.4, -0.2) is 87.8 Å². The van der Waals surface area contributed by atoms with Crippen LogP contribution in [0.5, 0.6) is 0 Å². The molecule has 2 amide bonds. The summed E-state index contributed by atoms with van der Waals surface area (Å²) in [6.07, 6.45) is 1.58. The first-order chi connectivity index (χ1) is 19.1. The number of anilines is 2. The Bertz CT molecular complexity index is 1350. The molecule has 11 heteroatoms. The molecule has 3 aliphatic heterocycles. The number of carbonyl (C=O) groups excluding carboxylic acids is 2. The number of sulfonamides is 1. The number of hydrogen-bond donors (Lipinski definition) is 1. The predicted molar refractivity (Wildman–Crippen MR) is 152 cm³/mol. The second-order valence-corrected chi connectivity index (χ2v) is 12.9. The van der Waals surface area contributed by atoms with Crippen molar-refractivity contribution in [2.45, 2.75) is 44.0 Å². The molecular formula is C29H38FN5O4S. The summed E-state index contributed by atoms with van der Waals surface area (Å²) in [5.74, 6) is -0.498. The van der Waals surface area contributed by atoms with Gasteiger partial charge in [0.25, 0.3) is 0 Å². The van der Waals surface area contributed by atoms with Crippen LogP contribution < -0.4 is 15.1 Å². The molecule has 0 aromatic heterocycles. The van der Waals surface area contributed by atoms with Gasteiger partial charge >= 0.3 is 0 Å². The summed E-state index contributed by atoms with van der Waals surface area (Å²) in [4.78, 5) is 31.1. The van der Waals surface area contributed by atoms with E-state index >= 15 is 0 Å². The van der Waals surface area contributed by atoms with Crippen LogP contribution in [0.3, 0.4) is 0 Å². The number of rotatable bonds is 7. The Labute approximate surface area is 236 Å². The molecule has 1 N–H and O–H groups in total. The highest BCUT2D eigenvalue weighted by atomic mass is 32.2. The van der Waals surface area contributed by atoms with E-state index in [1.165, 1.54) is 17.3 Å². The molecule has 9 nitrogen and oxygen atoms in total. The molecule has 0 bridgehead atoms. The van der Waals surface area contributed by atoms with Crippen molar-refractivity contribution in [1.82, 2.24) is 14.5 Å². The van der Waals surface area contributed by atoms with Gasteiger partial charge in [0.05, 0.1) is 10.6 Å². The minimum Gasteiger partial charge on any atom is -0.367 e. The summed E-state index contributed by atoms with van der Waals surface area (Å²) in [6, 6.07) is 11.8. The summed E-state index contributed by atoms with van der Waals surface area (Å²) >= 11 is 0. The fourth-order valence-corrected chi connectivity index (χ4v) is 7.68. The minimum atomic E-state index is -3.68. The van der Waals surface area contributed by atoms with E-state index in [1.807, 2.05) is 13.0 Å². The zero-order valence-electron chi connectivity index (χ0n) is 23.2. The van der Waals surface area contributed by atoms with Crippen molar-refractivity contribution in [3.8, 4) is 0 Å². The molecule has 1 atom stereocenters. The molecule has 2 aromatic carbocycles. The number of halogens is 1. The molecule has 3 aliphatic rings. The summed E-state index contributed by atoms with van der Waals surface area (Å²) in [5.41, 5.74) is 2.28. The van der Waals surface area contributed by atoms with Crippen LogP contribution in [0.15, 0.2) is 47.4 Å². The van der Waals surface area contributed by atoms with E-state index in [9.17, 15) is 22.4 Å². The van der Waals surface area contributed by atoms with Gasteiger partial charge in [0.1, 0.15) is 5.82 Å². The lowest BCUT2D eigenvalue weighted by atomic mass is 9.97. The van der Waals surface area contributed by atoms with Gasteiger partial charge in [0.2, 0.25) is 21.8 Å². The molecule has 2 aromatic rings. The molecule has 3 heterocycles. The molecule has 0 aliphatic carbocycles. The third-order valence-electron chi connectivity index (χ3n) is 8.36. The highest BCUT2D eigenvalue weighted by Crippen LogP contribution is 2.35. The number of piperidine rings is 1. The Balaban J connectivity index is 1.07. The Kier molecular flexibility index (Phi) is 8.44. The van der Waals surface area contributed by atoms with E-state index in [2.05, 4.69) is 15.1 Å². The van der Waals surface area contributed by atoms with E-state index in [0.29, 0.717) is 44.6 Å². The van der Waals surface area contributed by atoms with Crippen LogP contribution in [0, 0.1) is 11.7 Å². The van der Waals surface area contributed by atoms with Gasteiger partial charge < -0.3 is 15.1 Å². The van der Waals surface area contributed by atoms with Crippen molar-refractivity contribution < 1.29 is 22.4 Å². The Morgan fingerprint density at radius 2 is 1.68 bits per heavy atom. The predicted octanol–water partition coefficient (Wildman–Crippen LogP) is 2.46. The average molecular weight is 572 g/mol. The van der Waals surface area contributed by atoms with Gasteiger partial charge in [-0.3, -0.25) is 14.5 Å². The lowest BCUT2D eigenvalue weighted by Gasteiger charge is -2.36. The zero-order chi connectivity index (χ0) is 28.4. The molecule has 5 rings (SSSR count). The molecule has 2 saturated heterocycles. The molecule has 40 heavy (non-hydrogen) atoms. The third-order valence-corrected chi connectivity index (χ3v) is 10.3. The van der Waals surface area contributed by atoms with Gasteiger partial charge in [0.15, 0.2) is 0 Å². The largest absolute Gasteiger partial charge is 0.367 e. The molecule has 0 spiro atoms. The number of amides is 2. The summed E-state index contributed by atoms with van der Waals surface area (Å²) in [7, 11) is -3.68. The van der Waals surface area contributed by atoms with Crippen molar-refractivity contribution >= 4 is 33.2 Å². The number of fused-ring (bicyclic) bond motifs is 1. The van der Waals surface area contributed by atoms with Crippen molar-refractivity contribution in [2.75, 3.05) is 62.2 Å². The molecule has 216 valence electrons. The second kappa shape index (κ2) is 11.8. The van der Waals surface area contributed by atoms with Gasteiger partial charge in [-0.2, -0.15) is 4.31 Å². The number of benzene rings is 2. The van der Waals surface area contributed by atoms with E-state index in [0.717, 1.165) is 44.0 Å². The first kappa shape index (κ1) is 28.5. The highest BCUT2D eigenvalue weighted by molar-refractivity contribution is 7.89. The first-order valence-electron chi connectivity index (χ1n) is 14.1. The smallest absolute Gasteiger partial charge is 0.243 e. The lowest BCUT2D eigenvalue weighted by molar-refractivity contribution is -0.126. The highest BCUT2D eigenvalue weighted by Gasteiger charge is 2.34. The van der Waals surface area contributed by atoms with Crippen molar-refractivity contribution in [1.29, 1.82) is 0 Å². The first-order valence-corrected chi connectivity index (χ1v) is 15.5. The minimum absolute atomic E-state index is 0.00295. The molecule has 0 radical (unpaired) electrons. The van der Waals surface area contributed by atoms with E-state index in [4.69, 9.17) is 0 Å². The van der Waals surface area contributed by atoms with Gasteiger partial charge in [-0.05, 0) is 62.1 Å². The number of para-hydroxylation sites is 1. The Morgan fingerprint density at radius 1 is 0.975 bits per heavy atom. The van der Waals surface area contributed by atoms with Crippen LogP contribution in [0.1, 0.15) is 32.3 Å². The number of nitrogens with zero attached hydrogens (tertiary/aromatic N) is 4. The maximum Gasteiger partial charge on any atom is 0.243 e. The van der Waals surface area contributed by atoms with Crippen LogP contribution in [0.4, 0.5) is 15.8 Å². The number of nitrogens with one attached hydrogen (secondary N) is 1. The maximum absolute atomic E-state index is 14.1. The van der Waals surface area contributed by atoms with E-state index in [-0.39, 0.29) is 34.5 Å². The van der Waals surface area contributed by atoms with Gasteiger partial charge in [0, 0.05) is 76.9 Å². The second-order valence-electron chi connectivity index (χ2n) is 11.0. The third kappa shape index (κ3) is 5.87. The van der Waals surface area contributed by atoms with Gasteiger partial charge in [-0.25, -0.2) is 12.8 Å². The standard InChI is InChI=1S/C29H38FN5O4S/c1-21-19-24-20-25(7-8-27(24)35(21)22(2)36)40(38,39)34-12-9-23(10-13-34)29(37)31-11-14-32-15-17-33(18-16-32)28-6-4-3-5-26(28)30/h3-8,20-21,23H,9-19H2,1-2H3,(H,31,37). The van der Waals surface area contributed by atoms with Gasteiger partial charge in [-0.15, -0.1) is 0 Å². The van der Waals surface area contributed by atoms with Crippen LogP contribution in [0.25, 0.3) is 0 Å². The SMILES string of the molecule is CC(=O)N1c2ccc(S(=O)(=O)N3CCC(C(=O)NCCN4CCN(c5ccccc5F)CC4)CC3)cc2CC1C. The topological polar surface area (TPSA) is 93.3 Å². The van der Waals surface area contributed by atoms with E-state index < -0.39 is 10.0 Å². The van der Waals surface area contributed by atoms with Crippen LogP contribution in [0.2, 0.25) is 0 Å². The zero-order valence-corrected chi connectivity index (χ0v) is 24.0. The normalized spacial score (nSPS) is 20.9. The summed E-state index contributed by atoms with van der Waals surface area (Å²) in [5, 5.41) is 3.03. The quantitative estimate of drug-likeness (QED) is 0.549. The molecule has 2 fully saturated rings. The molecule has 0 saturated carbocycles.